The molecule has 0 rings (SSSR count). The van der Waals surface area contributed by atoms with E-state index in [1.165, 1.54) is 6.42 Å². The fraction of sp³-hybridized carbons (Fsp3) is 1.00. The van der Waals surface area contributed by atoms with Gasteiger partial charge in [0.05, 0.1) is 0 Å². The van der Waals surface area contributed by atoms with Gasteiger partial charge in [-0.25, -0.2) is 5.43 Å². The SMILES string of the molecule is CCC(C)CC(CC)(CN)NN(C)C. The minimum atomic E-state index is 0.0823. The van der Waals surface area contributed by atoms with Crippen molar-refractivity contribution in [2.75, 3.05) is 20.6 Å². The topological polar surface area (TPSA) is 41.3 Å². The first-order valence-electron chi connectivity index (χ1n) is 5.65. The second-order valence-corrected chi connectivity index (χ2v) is 4.56. The van der Waals surface area contributed by atoms with Gasteiger partial charge < -0.3 is 5.73 Å². The highest BCUT2D eigenvalue weighted by Gasteiger charge is 2.28. The van der Waals surface area contributed by atoms with E-state index < -0.39 is 0 Å². The highest BCUT2D eigenvalue weighted by atomic mass is 15.5. The lowest BCUT2D eigenvalue weighted by atomic mass is 9.85. The van der Waals surface area contributed by atoms with E-state index in [9.17, 15) is 0 Å². The van der Waals surface area contributed by atoms with Gasteiger partial charge >= 0.3 is 0 Å². The van der Waals surface area contributed by atoms with E-state index in [-0.39, 0.29) is 5.54 Å². The van der Waals surface area contributed by atoms with Crippen LogP contribution in [0.1, 0.15) is 40.0 Å². The van der Waals surface area contributed by atoms with Gasteiger partial charge in [0.1, 0.15) is 0 Å². The first kappa shape index (κ1) is 13.9. The van der Waals surface area contributed by atoms with Crippen molar-refractivity contribution < 1.29 is 0 Å². The van der Waals surface area contributed by atoms with Crippen LogP contribution in [0.15, 0.2) is 0 Å². The first-order chi connectivity index (χ1) is 6.49. The maximum Gasteiger partial charge on any atom is 0.0447 e. The maximum absolute atomic E-state index is 5.88. The average molecular weight is 201 g/mol. The molecule has 2 unspecified atom stereocenters. The molecule has 0 spiro atoms. The summed E-state index contributed by atoms with van der Waals surface area (Å²) in [5, 5.41) is 2.01. The molecular weight excluding hydrogens is 174 g/mol. The fourth-order valence-corrected chi connectivity index (χ4v) is 1.83. The molecule has 14 heavy (non-hydrogen) atoms. The number of rotatable bonds is 7. The van der Waals surface area contributed by atoms with E-state index in [1.807, 2.05) is 19.1 Å². The van der Waals surface area contributed by atoms with Crippen molar-refractivity contribution in [2.45, 2.75) is 45.6 Å². The van der Waals surface area contributed by atoms with Crippen molar-refractivity contribution in [3.05, 3.63) is 0 Å². The van der Waals surface area contributed by atoms with E-state index in [2.05, 4.69) is 26.2 Å². The molecule has 0 radical (unpaired) electrons. The van der Waals surface area contributed by atoms with Gasteiger partial charge in [-0.05, 0) is 18.8 Å². The lowest BCUT2D eigenvalue weighted by molar-refractivity contribution is 0.132. The van der Waals surface area contributed by atoms with Crippen molar-refractivity contribution >= 4 is 0 Å². The molecule has 0 fully saturated rings. The standard InChI is InChI=1S/C11H27N3/c1-6-10(3)8-11(7-2,9-12)13-14(4)5/h10,13H,6-9,12H2,1-5H3. The summed E-state index contributed by atoms with van der Waals surface area (Å²) in [4.78, 5) is 0. The van der Waals surface area contributed by atoms with Gasteiger partial charge in [-0.2, -0.15) is 0 Å². The summed E-state index contributed by atoms with van der Waals surface area (Å²) in [5.41, 5.74) is 9.43. The summed E-state index contributed by atoms with van der Waals surface area (Å²) in [6.45, 7) is 7.42. The van der Waals surface area contributed by atoms with Crippen LogP contribution in [0.5, 0.6) is 0 Å². The van der Waals surface area contributed by atoms with E-state index in [1.54, 1.807) is 0 Å². The van der Waals surface area contributed by atoms with Crippen LogP contribution in [-0.2, 0) is 0 Å². The Balaban J connectivity index is 4.36. The van der Waals surface area contributed by atoms with Crippen LogP contribution in [0.2, 0.25) is 0 Å². The molecular formula is C11H27N3. The summed E-state index contributed by atoms with van der Waals surface area (Å²) >= 11 is 0. The zero-order valence-corrected chi connectivity index (χ0v) is 10.4. The van der Waals surface area contributed by atoms with Crippen LogP contribution < -0.4 is 11.2 Å². The normalized spacial score (nSPS) is 18.2. The molecule has 0 saturated heterocycles. The number of hydrogen-bond acceptors (Lipinski definition) is 3. The Morgan fingerprint density at radius 3 is 2.21 bits per heavy atom. The first-order valence-corrected chi connectivity index (χ1v) is 5.65. The van der Waals surface area contributed by atoms with Crippen molar-refractivity contribution in [1.29, 1.82) is 0 Å². The van der Waals surface area contributed by atoms with E-state index in [0.717, 1.165) is 18.8 Å². The van der Waals surface area contributed by atoms with Crippen LogP contribution in [0.25, 0.3) is 0 Å². The quantitative estimate of drug-likeness (QED) is 0.615. The number of hydrogen-bond donors (Lipinski definition) is 2. The van der Waals surface area contributed by atoms with Crippen molar-refractivity contribution in [3.8, 4) is 0 Å². The van der Waals surface area contributed by atoms with Crippen LogP contribution in [0, 0.1) is 5.92 Å². The Kier molecular flexibility index (Phi) is 6.33. The Bertz CT molecular complexity index is 141. The zero-order valence-electron chi connectivity index (χ0n) is 10.4. The fourth-order valence-electron chi connectivity index (χ4n) is 1.83. The third kappa shape index (κ3) is 4.40. The van der Waals surface area contributed by atoms with Gasteiger partial charge in [-0.1, -0.05) is 27.2 Å². The molecule has 0 amide bonds. The lowest BCUT2D eigenvalue weighted by Crippen LogP contribution is -2.56. The summed E-state index contributed by atoms with van der Waals surface area (Å²) < 4.78 is 0. The highest BCUT2D eigenvalue weighted by molar-refractivity contribution is 4.87. The number of nitrogens with two attached hydrogens (primary N) is 1. The third-order valence-electron chi connectivity index (χ3n) is 2.96. The predicted molar refractivity (Wildman–Crippen MR) is 63.0 cm³/mol. The average Bonchev–Trinajstić information content (AvgIpc) is 2.15. The smallest absolute Gasteiger partial charge is 0.0447 e. The molecule has 2 atom stereocenters. The molecule has 0 aromatic rings. The Labute approximate surface area is 89.0 Å². The molecule has 0 bridgehead atoms. The summed E-state index contributed by atoms with van der Waals surface area (Å²) in [7, 11) is 4.05. The van der Waals surface area contributed by atoms with Crippen molar-refractivity contribution in [3.63, 3.8) is 0 Å². The molecule has 3 heteroatoms. The molecule has 0 aliphatic carbocycles. The molecule has 0 aliphatic rings. The predicted octanol–water partition coefficient (Wildman–Crippen LogP) is 1.60. The minimum absolute atomic E-state index is 0.0823. The van der Waals surface area contributed by atoms with Crippen LogP contribution in [0.4, 0.5) is 0 Å². The van der Waals surface area contributed by atoms with Gasteiger partial charge in [-0.15, -0.1) is 0 Å². The van der Waals surface area contributed by atoms with Gasteiger partial charge in [0.25, 0.3) is 0 Å². The largest absolute Gasteiger partial charge is 0.329 e. The molecule has 0 aromatic heterocycles. The summed E-state index contributed by atoms with van der Waals surface area (Å²) in [6.07, 6.45) is 3.44. The molecule has 86 valence electrons. The second-order valence-electron chi connectivity index (χ2n) is 4.56. The molecule has 3 nitrogen and oxygen atoms in total. The van der Waals surface area contributed by atoms with Crippen LogP contribution >= 0.6 is 0 Å². The molecule has 0 aliphatic heterocycles. The van der Waals surface area contributed by atoms with E-state index in [4.69, 9.17) is 5.73 Å². The number of nitrogens with zero attached hydrogens (tertiary/aromatic N) is 1. The van der Waals surface area contributed by atoms with Crippen molar-refractivity contribution in [2.24, 2.45) is 11.7 Å². The Morgan fingerprint density at radius 2 is 1.93 bits per heavy atom. The van der Waals surface area contributed by atoms with Crippen LogP contribution in [0.3, 0.4) is 0 Å². The molecule has 0 saturated carbocycles. The number of hydrazine groups is 1. The molecule has 3 N–H and O–H groups in total. The second kappa shape index (κ2) is 6.38. The lowest BCUT2D eigenvalue weighted by Gasteiger charge is -2.37. The van der Waals surface area contributed by atoms with Gasteiger partial charge in [0, 0.05) is 26.2 Å². The van der Waals surface area contributed by atoms with E-state index in [0.29, 0.717) is 6.54 Å². The maximum atomic E-state index is 5.88. The van der Waals surface area contributed by atoms with Gasteiger partial charge in [-0.3, -0.25) is 5.01 Å². The third-order valence-corrected chi connectivity index (χ3v) is 2.96. The molecule has 0 heterocycles. The summed E-state index contributed by atoms with van der Waals surface area (Å²) in [5.74, 6) is 0.728. The van der Waals surface area contributed by atoms with Crippen LogP contribution in [-0.4, -0.2) is 31.2 Å². The molecule has 0 aromatic carbocycles. The highest BCUT2D eigenvalue weighted by Crippen LogP contribution is 2.21. The van der Waals surface area contributed by atoms with Gasteiger partial charge in [0.15, 0.2) is 0 Å². The van der Waals surface area contributed by atoms with E-state index >= 15 is 0 Å². The minimum Gasteiger partial charge on any atom is -0.329 e. The number of nitrogens with one attached hydrogen (secondary N) is 1. The van der Waals surface area contributed by atoms with Gasteiger partial charge in [0.2, 0.25) is 0 Å². The Morgan fingerprint density at radius 1 is 1.36 bits per heavy atom. The zero-order chi connectivity index (χ0) is 11.2. The Hall–Kier alpha value is -0.120. The monoisotopic (exact) mass is 201 g/mol. The summed E-state index contributed by atoms with van der Waals surface area (Å²) in [6, 6.07) is 0. The van der Waals surface area contributed by atoms with Crippen molar-refractivity contribution in [1.82, 2.24) is 10.4 Å².